The second-order valence-corrected chi connectivity index (χ2v) is 5.21. The number of aromatic nitrogens is 2. The lowest BCUT2D eigenvalue weighted by molar-refractivity contribution is 0.716. The molecule has 0 unspecified atom stereocenters. The summed E-state index contributed by atoms with van der Waals surface area (Å²) in [4.78, 5) is 17.0. The maximum atomic E-state index is 12.2. The Balaban J connectivity index is 2.15. The summed E-state index contributed by atoms with van der Waals surface area (Å²) in [5.74, 6) is 0.956. The Morgan fingerprint density at radius 2 is 2.05 bits per heavy atom. The molecule has 0 atom stereocenters. The third-order valence-electron chi connectivity index (χ3n) is 3.51. The Morgan fingerprint density at radius 3 is 2.79 bits per heavy atom. The van der Waals surface area contributed by atoms with E-state index in [2.05, 4.69) is 9.88 Å². The highest BCUT2D eigenvalue weighted by Gasteiger charge is 2.22. The van der Waals surface area contributed by atoms with Crippen molar-refractivity contribution < 1.29 is 0 Å². The molecule has 1 aliphatic heterocycles. The number of fused-ring (bicyclic) bond motifs is 1. The van der Waals surface area contributed by atoms with E-state index >= 15 is 0 Å². The van der Waals surface area contributed by atoms with Crippen molar-refractivity contribution in [3.63, 3.8) is 0 Å². The van der Waals surface area contributed by atoms with Gasteiger partial charge in [-0.2, -0.15) is 0 Å². The van der Waals surface area contributed by atoms with Gasteiger partial charge in [-0.05, 0) is 12.0 Å². The zero-order valence-corrected chi connectivity index (χ0v) is 11.5. The molecule has 1 aromatic carbocycles. The summed E-state index contributed by atoms with van der Waals surface area (Å²) in [5, 5.41) is 0. The number of benzene rings is 1. The summed E-state index contributed by atoms with van der Waals surface area (Å²) in [6.45, 7) is 1.48. The molecular weight excluding hydrogens is 258 g/mol. The lowest BCUT2D eigenvalue weighted by Crippen LogP contribution is -2.29. The van der Waals surface area contributed by atoms with Crippen LogP contribution in [0.5, 0.6) is 0 Å². The molecule has 0 saturated heterocycles. The lowest BCUT2D eigenvalue weighted by Gasteiger charge is -2.18. The minimum Gasteiger partial charge on any atom is -0.360 e. The van der Waals surface area contributed by atoms with Gasteiger partial charge < -0.3 is 4.90 Å². The largest absolute Gasteiger partial charge is 0.360 e. The van der Waals surface area contributed by atoms with Gasteiger partial charge >= 0.3 is 5.69 Å². The van der Waals surface area contributed by atoms with Crippen LogP contribution in [-0.4, -0.2) is 23.1 Å². The smallest absolute Gasteiger partial charge is 0.328 e. The Bertz CT molecular complexity index is 718. The van der Waals surface area contributed by atoms with Crippen molar-refractivity contribution in [2.24, 2.45) is 0 Å². The van der Waals surface area contributed by atoms with Crippen LogP contribution in [0.3, 0.4) is 0 Å². The van der Waals surface area contributed by atoms with Gasteiger partial charge in [0.15, 0.2) is 0 Å². The molecule has 0 saturated carbocycles. The monoisotopic (exact) mass is 273 g/mol. The van der Waals surface area contributed by atoms with E-state index in [-0.39, 0.29) is 5.69 Å². The molecule has 3 rings (SSSR count). The van der Waals surface area contributed by atoms with E-state index in [4.69, 9.17) is 12.2 Å². The zero-order valence-electron chi connectivity index (χ0n) is 10.7. The Kier molecular flexibility index (Phi) is 2.98. The zero-order chi connectivity index (χ0) is 13.4. The van der Waals surface area contributed by atoms with Crippen molar-refractivity contribution in [1.82, 2.24) is 9.55 Å². The van der Waals surface area contributed by atoms with Crippen LogP contribution in [0, 0.1) is 4.64 Å². The van der Waals surface area contributed by atoms with Crippen LogP contribution in [-0.2, 0) is 13.0 Å². The van der Waals surface area contributed by atoms with Crippen molar-refractivity contribution in [2.45, 2.75) is 13.0 Å². The molecule has 1 aliphatic rings. The Labute approximate surface area is 116 Å². The fourth-order valence-corrected chi connectivity index (χ4v) is 2.84. The number of hydrogen-bond donors (Lipinski definition) is 1. The summed E-state index contributed by atoms with van der Waals surface area (Å²) in [6.07, 6.45) is 0.899. The molecule has 0 amide bonds. The number of likely N-dealkylation sites (N-methyl/N-ethyl adjacent to an activating group) is 1. The molecule has 0 aliphatic carbocycles. The summed E-state index contributed by atoms with van der Waals surface area (Å²) in [5.41, 5.74) is 2.05. The summed E-state index contributed by atoms with van der Waals surface area (Å²) in [6, 6.07) is 9.98. The number of hydrogen-bond acceptors (Lipinski definition) is 3. The van der Waals surface area contributed by atoms with E-state index in [1.807, 2.05) is 37.4 Å². The molecule has 0 spiro atoms. The van der Waals surface area contributed by atoms with Crippen molar-refractivity contribution in [2.75, 3.05) is 18.5 Å². The highest BCUT2D eigenvalue weighted by atomic mass is 32.1. The fraction of sp³-hybridized carbons (Fsp3) is 0.286. The number of rotatable bonds is 2. The van der Waals surface area contributed by atoms with Gasteiger partial charge in [-0.1, -0.05) is 42.5 Å². The van der Waals surface area contributed by atoms with Gasteiger partial charge in [0.1, 0.15) is 10.5 Å². The molecule has 98 valence electrons. The van der Waals surface area contributed by atoms with Gasteiger partial charge in [-0.15, -0.1) is 0 Å². The first-order chi connectivity index (χ1) is 9.16. The Morgan fingerprint density at radius 1 is 1.32 bits per heavy atom. The normalized spacial score (nSPS) is 13.6. The third-order valence-corrected chi connectivity index (χ3v) is 3.86. The van der Waals surface area contributed by atoms with Crippen LogP contribution >= 0.6 is 12.2 Å². The first kappa shape index (κ1) is 12.2. The van der Waals surface area contributed by atoms with Crippen LogP contribution in [0.25, 0.3) is 0 Å². The maximum absolute atomic E-state index is 12.2. The molecule has 1 aromatic heterocycles. The fourth-order valence-electron chi connectivity index (χ4n) is 2.56. The van der Waals surface area contributed by atoms with E-state index in [0.717, 1.165) is 29.9 Å². The van der Waals surface area contributed by atoms with Gasteiger partial charge in [0.25, 0.3) is 0 Å². The molecule has 2 aromatic rings. The number of anilines is 1. The van der Waals surface area contributed by atoms with Crippen molar-refractivity contribution in [3.05, 3.63) is 56.6 Å². The number of aromatic amines is 1. The molecule has 2 heterocycles. The SMILES string of the molecule is CN1CCc2c1n(Cc1ccccc1)c(=O)[nH]c2=S. The second kappa shape index (κ2) is 4.66. The standard InChI is InChI=1S/C14H15N3OS/c1-16-8-7-11-12(19)15-14(18)17(13(11)16)9-10-5-3-2-4-6-10/h2-6H,7-9H2,1H3,(H,15,18,19). The lowest BCUT2D eigenvalue weighted by atomic mass is 10.2. The minimum absolute atomic E-state index is 0.138. The van der Waals surface area contributed by atoms with Gasteiger partial charge in [0.2, 0.25) is 0 Å². The predicted octanol–water partition coefficient (Wildman–Crippen LogP) is 1.95. The number of H-pyrrole nitrogens is 1. The van der Waals surface area contributed by atoms with Crippen molar-refractivity contribution in [3.8, 4) is 0 Å². The molecule has 5 heteroatoms. The maximum Gasteiger partial charge on any atom is 0.328 e. The highest BCUT2D eigenvalue weighted by Crippen LogP contribution is 2.25. The minimum atomic E-state index is -0.138. The van der Waals surface area contributed by atoms with E-state index in [1.165, 1.54) is 0 Å². The molecule has 4 nitrogen and oxygen atoms in total. The van der Waals surface area contributed by atoms with Gasteiger partial charge in [-0.3, -0.25) is 9.55 Å². The van der Waals surface area contributed by atoms with E-state index in [1.54, 1.807) is 4.57 Å². The van der Waals surface area contributed by atoms with Gasteiger partial charge in [-0.25, -0.2) is 4.79 Å². The van der Waals surface area contributed by atoms with Crippen LogP contribution in [0.4, 0.5) is 5.82 Å². The number of nitrogens with one attached hydrogen (secondary N) is 1. The molecule has 1 N–H and O–H groups in total. The van der Waals surface area contributed by atoms with Gasteiger partial charge in [0, 0.05) is 19.2 Å². The topological polar surface area (TPSA) is 41.0 Å². The second-order valence-electron chi connectivity index (χ2n) is 4.80. The summed E-state index contributed by atoms with van der Waals surface area (Å²) < 4.78 is 2.35. The average Bonchev–Trinajstić information content (AvgIpc) is 2.78. The number of nitrogens with zero attached hydrogens (tertiary/aromatic N) is 2. The predicted molar refractivity (Wildman–Crippen MR) is 78.4 cm³/mol. The quantitative estimate of drug-likeness (QED) is 0.850. The van der Waals surface area contributed by atoms with Crippen LogP contribution < -0.4 is 10.6 Å². The highest BCUT2D eigenvalue weighted by molar-refractivity contribution is 7.71. The van der Waals surface area contributed by atoms with Crippen molar-refractivity contribution in [1.29, 1.82) is 0 Å². The first-order valence-corrected chi connectivity index (χ1v) is 6.68. The summed E-state index contributed by atoms with van der Waals surface area (Å²) in [7, 11) is 2.00. The molecule has 0 fully saturated rings. The van der Waals surface area contributed by atoms with Crippen LogP contribution in [0.2, 0.25) is 0 Å². The first-order valence-electron chi connectivity index (χ1n) is 6.28. The van der Waals surface area contributed by atoms with Crippen molar-refractivity contribution >= 4 is 18.0 Å². The van der Waals surface area contributed by atoms with E-state index in [9.17, 15) is 4.79 Å². The third kappa shape index (κ3) is 2.10. The molecular formula is C14H15N3OS. The molecule has 0 bridgehead atoms. The molecule has 19 heavy (non-hydrogen) atoms. The van der Waals surface area contributed by atoms with E-state index in [0.29, 0.717) is 11.2 Å². The van der Waals surface area contributed by atoms with Gasteiger partial charge in [0.05, 0.1) is 6.54 Å². The Hall–Kier alpha value is -1.88. The van der Waals surface area contributed by atoms with Crippen LogP contribution in [0.1, 0.15) is 11.1 Å². The molecule has 0 radical (unpaired) electrons. The van der Waals surface area contributed by atoms with E-state index < -0.39 is 0 Å². The van der Waals surface area contributed by atoms with Crippen LogP contribution in [0.15, 0.2) is 35.1 Å². The average molecular weight is 273 g/mol. The summed E-state index contributed by atoms with van der Waals surface area (Å²) >= 11 is 5.25.